The predicted molar refractivity (Wildman–Crippen MR) is 111 cm³/mol. The fourth-order valence-electron chi connectivity index (χ4n) is 3.82. The number of hydrogen-bond donors (Lipinski definition) is 1. The maximum Gasteiger partial charge on any atom is 0.258 e. The van der Waals surface area contributed by atoms with Crippen LogP contribution in [0.3, 0.4) is 0 Å². The minimum atomic E-state index is -3.71. The summed E-state index contributed by atoms with van der Waals surface area (Å²) in [5.74, 6) is -0.0458. The van der Waals surface area contributed by atoms with Gasteiger partial charge in [0.05, 0.1) is 10.6 Å². The van der Waals surface area contributed by atoms with E-state index in [0.29, 0.717) is 10.6 Å². The highest BCUT2D eigenvalue weighted by molar-refractivity contribution is 7.89. The molecule has 0 atom stereocenters. The van der Waals surface area contributed by atoms with Gasteiger partial charge >= 0.3 is 0 Å². The van der Waals surface area contributed by atoms with Gasteiger partial charge in [-0.15, -0.1) is 0 Å². The Morgan fingerprint density at radius 1 is 1.07 bits per heavy atom. The highest BCUT2D eigenvalue weighted by Crippen LogP contribution is 2.42. The number of anilines is 1. The van der Waals surface area contributed by atoms with Gasteiger partial charge in [0.2, 0.25) is 10.0 Å². The molecule has 0 spiro atoms. The van der Waals surface area contributed by atoms with Crippen LogP contribution < -0.4 is 9.62 Å². The van der Waals surface area contributed by atoms with Gasteiger partial charge in [-0.1, -0.05) is 29.3 Å². The van der Waals surface area contributed by atoms with Crippen molar-refractivity contribution in [1.29, 1.82) is 0 Å². The van der Waals surface area contributed by atoms with Gasteiger partial charge < -0.3 is 4.90 Å². The Morgan fingerprint density at radius 2 is 1.75 bits per heavy atom. The van der Waals surface area contributed by atoms with Crippen LogP contribution in [0.25, 0.3) is 5.57 Å². The number of fused-ring (bicyclic) bond motifs is 1. The molecule has 1 aliphatic heterocycles. The molecule has 0 radical (unpaired) electrons. The second-order valence-electron chi connectivity index (χ2n) is 7.18. The van der Waals surface area contributed by atoms with Crippen molar-refractivity contribution in [3.05, 3.63) is 64.2 Å². The van der Waals surface area contributed by atoms with E-state index in [4.69, 9.17) is 11.6 Å². The Bertz CT molecular complexity index is 1070. The number of likely N-dealkylation sites (N-methyl/N-ethyl adjacent to an activating group) is 1. The number of nitrogens with one attached hydrogen (secondary N) is 1. The summed E-state index contributed by atoms with van der Waals surface area (Å²) in [6.45, 7) is 0.170. The van der Waals surface area contributed by atoms with E-state index >= 15 is 0 Å². The van der Waals surface area contributed by atoms with Crippen LogP contribution in [0.15, 0.2) is 52.9 Å². The normalized spacial score (nSPS) is 16.8. The Hall–Kier alpha value is -2.15. The van der Waals surface area contributed by atoms with Crippen LogP contribution in [-0.2, 0) is 21.4 Å². The van der Waals surface area contributed by atoms with Crippen molar-refractivity contribution in [3.63, 3.8) is 0 Å². The van der Waals surface area contributed by atoms with E-state index in [1.165, 1.54) is 0 Å². The van der Waals surface area contributed by atoms with Crippen LogP contribution >= 0.6 is 11.6 Å². The van der Waals surface area contributed by atoms with Crippen molar-refractivity contribution >= 4 is 38.8 Å². The fraction of sp³-hybridized carbons (Fsp3) is 0.286. The first-order chi connectivity index (χ1) is 13.4. The maximum absolute atomic E-state index is 12.8. The zero-order chi connectivity index (χ0) is 19.9. The lowest BCUT2D eigenvalue weighted by Crippen LogP contribution is -2.23. The summed E-state index contributed by atoms with van der Waals surface area (Å²) in [6, 6.07) is 11.9. The molecule has 2 aromatic carbocycles. The molecule has 2 aromatic rings. The minimum absolute atomic E-state index is 0.0458. The van der Waals surface area contributed by atoms with Crippen molar-refractivity contribution < 1.29 is 13.2 Å². The molecule has 0 bridgehead atoms. The molecule has 0 unspecified atom stereocenters. The summed E-state index contributed by atoms with van der Waals surface area (Å²) in [6.07, 6.45) is 3.96. The van der Waals surface area contributed by atoms with E-state index in [9.17, 15) is 13.2 Å². The number of halogens is 1. The number of nitrogens with zero attached hydrogens (tertiary/aromatic N) is 1. The summed E-state index contributed by atoms with van der Waals surface area (Å²) in [5, 5.41) is 0.603. The van der Waals surface area contributed by atoms with Gasteiger partial charge in [-0.25, -0.2) is 13.1 Å². The standard InChI is InChI=1S/C21H21ClN2O3S/c1-24-19-11-10-17(12-18(19)20(21(24)25)15-4-2-3-5-15)28(26,27)23-13-14-6-8-16(22)9-7-14/h6-12,23H,2-5,13H2,1H3. The van der Waals surface area contributed by atoms with Crippen LogP contribution in [-0.4, -0.2) is 21.4 Å². The zero-order valence-corrected chi connectivity index (χ0v) is 17.1. The predicted octanol–water partition coefficient (Wildman–Crippen LogP) is 4.12. The van der Waals surface area contributed by atoms with E-state index in [0.717, 1.165) is 48.1 Å². The summed E-state index contributed by atoms with van der Waals surface area (Å²) >= 11 is 5.87. The van der Waals surface area contributed by atoms with Crippen LogP contribution in [0, 0.1) is 0 Å². The highest BCUT2D eigenvalue weighted by atomic mass is 35.5. The average Bonchev–Trinajstić information content (AvgIpc) is 3.28. The van der Waals surface area contributed by atoms with Gasteiger partial charge in [-0.3, -0.25) is 4.79 Å². The minimum Gasteiger partial charge on any atom is -0.311 e. The van der Waals surface area contributed by atoms with Gasteiger partial charge in [0.1, 0.15) is 0 Å². The third kappa shape index (κ3) is 3.48. The summed E-state index contributed by atoms with van der Waals surface area (Å²) in [4.78, 5) is 14.5. The van der Waals surface area contributed by atoms with Gasteiger partial charge in [0.15, 0.2) is 0 Å². The summed E-state index contributed by atoms with van der Waals surface area (Å²) in [7, 11) is -1.97. The molecule has 146 valence electrons. The molecule has 1 fully saturated rings. The molecular formula is C21H21ClN2O3S. The Balaban J connectivity index is 1.65. The molecule has 1 heterocycles. The van der Waals surface area contributed by atoms with Crippen LogP contribution in [0.1, 0.15) is 36.8 Å². The molecular weight excluding hydrogens is 396 g/mol. The molecule has 7 heteroatoms. The maximum atomic E-state index is 12.8. The average molecular weight is 417 g/mol. The van der Waals surface area contributed by atoms with Gasteiger partial charge in [-0.2, -0.15) is 0 Å². The fourth-order valence-corrected chi connectivity index (χ4v) is 4.99. The van der Waals surface area contributed by atoms with E-state index in [-0.39, 0.29) is 17.3 Å². The van der Waals surface area contributed by atoms with Gasteiger partial charge in [0.25, 0.3) is 5.91 Å². The smallest absolute Gasteiger partial charge is 0.258 e. The van der Waals surface area contributed by atoms with Crippen molar-refractivity contribution in [2.24, 2.45) is 0 Å². The summed E-state index contributed by atoms with van der Waals surface area (Å²) in [5.41, 5.74) is 4.12. The second kappa shape index (κ2) is 7.35. The van der Waals surface area contributed by atoms with Crippen LogP contribution in [0.5, 0.6) is 0 Å². The number of amides is 1. The highest BCUT2D eigenvalue weighted by Gasteiger charge is 2.34. The van der Waals surface area contributed by atoms with E-state index in [2.05, 4.69) is 4.72 Å². The number of allylic oxidation sites excluding steroid dienone is 1. The molecule has 1 aliphatic carbocycles. The van der Waals surface area contributed by atoms with Crippen molar-refractivity contribution in [2.75, 3.05) is 11.9 Å². The lowest BCUT2D eigenvalue weighted by molar-refractivity contribution is -0.112. The third-order valence-corrected chi connectivity index (χ3v) is 7.02. The number of benzene rings is 2. The lowest BCUT2D eigenvalue weighted by atomic mass is 10.00. The molecule has 2 aliphatic rings. The summed E-state index contributed by atoms with van der Waals surface area (Å²) < 4.78 is 28.2. The van der Waals surface area contributed by atoms with Crippen LogP contribution in [0.4, 0.5) is 5.69 Å². The first kappa shape index (κ1) is 19.2. The molecule has 0 saturated heterocycles. The SMILES string of the molecule is CN1C(=O)C(=C2CCCC2)c2cc(S(=O)(=O)NCc3ccc(Cl)cc3)ccc21. The second-order valence-corrected chi connectivity index (χ2v) is 9.38. The monoisotopic (exact) mass is 416 g/mol. The largest absolute Gasteiger partial charge is 0.311 e. The van der Waals surface area contributed by atoms with Crippen molar-refractivity contribution in [3.8, 4) is 0 Å². The van der Waals surface area contributed by atoms with Crippen molar-refractivity contribution in [2.45, 2.75) is 37.1 Å². The third-order valence-electron chi connectivity index (χ3n) is 5.37. The lowest BCUT2D eigenvalue weighted by Gasteiger charge is -2.11. The number of carbonyl (C=O) groups excluding carboxylic acids is 1. The van der Waals surface area contributed by atoms with Gasteiger partial charge in [-0.05, 0) is 61.6 Å². The molecule has 28 heavy (non-hydrogen) atoms. The number of hydrogen-bond acceptors (Lipinski definition) is 3. The van der Waals surface area contributed by atoms with E-state index < -0.39 is 10.0 Å². The van der Waals surface area contributed by atoms with Crippen LogP contribution in [0.2, 0.25) is 5.02 Å². The van der Waals surface area contributed by atoms with Crippen molar-refractivity contribution in [1.82, 2.24) is 4.72 Å². The Morgan fingerprint density at radius 3 is 2.43 bits per heavy atom. The molecule has 1 saturated carbocycles. The Kier molecular flexibility index (Phi) is 5.04. The zero-order valence-electron chi connectivity index (χ0n) is 15.5. The molecule has 5 nitrogen and oxygen atoms in total. The quantitative estimate of drug-likeness (QED) is 0.762. The molecule has 0 aromatic heterocycles. The number of carbonyl (C=O) groups is 1. The van der Waals surface area contributed by atoms with Gasteiger partial charge in [0, 0.05) is 29.8 Å². The number of rotatable bonds is 4. The van der Waals surface area contributed by atoms with E-state index in [1.807, 2.05) is 0 Å². The molecule has 4 rings (SSSR count). The van der Waals surface area contributed by atoms with E-state index in [1.54, 1.807) is 54.4 Å². The molecule has 1 N–H and O–H groups in total. The number of sulfonamides is 1. The molecule has 1 amide bonds. The first-order valence-corrected chi connectivity index (χ1v) is 11.1. The topological polar surface area (TPSA) is 66.5 Å². The Labute approximate surface area is 170 Å². The first-order valence-electron chi connectivity index (χ1n) is 9.25.